The number of sulfonamides is 1. The Morgan fingerprint density at radius 2 is 1.89 bits per heavy atom. The van der Waals surface area contributed by atoms with E-state index >= 15 is 0 Å². The van der Waals surface area contributed by atoms with Gasteiger partial charge in [-0.3, -0.25) is 4.79 Å². The molecule has 2 aliphatic rings. The lowest BCUT2D eigenvalue weighted by Gasteiger charge is -2.27. The number of hydrogen-bond acceptors (Lipinski definition) is 5. The highest BCUT2D eigenvalue weighted by Gasteiger charge is 2.48. The van der Waals surface area contributed by atoms with Gasteiger partial charge in [0.1, 0.15) is 0 Å². The van der Waals surface area contributed by atoms with Crippen molar-refractivity contribution < 1.29 is 17.9 Å². The molecule has 9 heteroatoms. The topological polar surface area (TPSA) is 111 Å². The van der Waals surface area contributed by atoms with Crippen LogP contribution in [-0.2, 0) is 26.1 Å². The highest BCUT2D eigenvalue weighted by atomic mass is 35.5. The number of halogens is 1. The Morgan fingerprint density at radius 3 is 2.48 bits per heavy atom. The van der Waals surface area contributed by atoms with E-state index in [-0.39, 0.29) is 41.7 Å². The van der Waals surface area contributed by atoms with E-state index in [0.717, 1.165) is 24.8 Å². The summed E-state index contributed by atoms with van der Waals surface area (Å²) in [6.07, 6.45) is 3.31. The monoisotopic (exact) mass is 417 g/mol. The van der Waals surface area contributed by atoms with Crippen LogP contribution in [0.4, 0.5) is 0 Å². The molecule has 1 aromatic rings. The van der Waals surface area contributed by atoms with E-state index in [1.807, 2.05) is 0 Å². The summed E-state index contributed by atoms with van der Waals surface area (Å²) >= 11 is 0. The largest absolute Gasteiger partial charge is 0.383 e. The van der Waals surface area contributed by atoms with Gasteiger partial charge in [-0.2, -0.15) is 0 Å². The lowest BCUT2D eigenvalue weighted by atomic mass is 9.84. The van der Waals surface area contributed by atoms with Crippen molar-refractivity contribution in [1.82, 2.24) is 10.0 Å². The number of methoxy groups -OCH3 is 1. The van der Waals surface area contributed by atoms with Crippen LogP contribution in [0.3, 0.4) is 0 Å². The van der Waals surface area contributed by atoms with Crippen LogP contribution in [0.2, 0.25) is 0 Å². The SMILES string of the molecule is COCCNS(=O)(=O)c1ccc(CNC(=O)C2C3CCC(C3)C2N)cc1.Cl. The molecule has 2 aliphatic carbocycles. The van der Waals surface area contributed by atoms with Crippen molar-refractivity contribution in [3.8, 4) is 0 Å². The summed E-state index contributed by atoms with van der Waals surface area (Å²) in [6.45, 7) is 0.909. The first-order valence-electron chi connectivity index (χ1n) is 9.03. The zero-order chi connectivity index (χ0) is 18.7. The van der Waals surface area contributed by atoms with Crippen molar-refractivity contribution >= 4 is 28.3 Å². The average Bonchev–Trinajstić information content (AvgIpc) is 3.21. The Balaban J connectivity index is 0.00000261. The van der Waals surface area contributed by atoms with Crippen LogP contribution in [0.25, 0.3) is 0 Å². The molecule has 0 aromatic heterocycles. The highest BCUT2D eigenvalue weighted by Crippen LogP contribution is 2.47. The maximum atomic E-state index is 12.5. The Hall–Kier alpha value is -1.19. The minimum Gasteiger partial charge on any atom is -0.383 e. The molecule has 2 bridgehead atoms. The van der Waals surface area contributed by atoms with E-state index in [2.05, 4.69) is 10.0 Å². The molecular weight excluding hydrogens is 390 g/mol. The maximum Gasteiger partial charge on any atom is 0.240 e. The van der Waals surface area contributed by atoms with Gasteiger partial charge >= 0.3 is 0 Å². The molecule has 4 atom stereocenters. The van der Waals surface area contributed by atoms with Crippen LogP contribution in [0.5, 0.6) is 0 Å². The third-order valence-electron chi connectivity index (χ3n) is 5.58. The molecule has 0 heterocycles. The second-order valence-corrected chi connectivity index (χ2v) is 8.96. The molecule has 4 unspecified atom stereocenters. The zero-order valence-corrected chi connectivity index (χ0v) is 17.0. The van der Waals surface area contributed by atoms with Gasteiger partial charge in [0.15, 0.2) is 0 Å². The van der Waals surface area contributed by atoms with Crippen LogP contribution >= 0.6 is 12.4 Å². The summed E-state index contributed by atoms with van der Waals surface area (Å²) in [4.78, 5) is 12.7. The van der Waals surface area contributed by atoms with Crippen LogP contribution < -0.4 is 15.8 Å². The summed E-state index contributed by atoms with van der Waals surface area (Å²) in [7, 11) is -2.03. The van der Waals surface area contributed by atoms with Gasteiger partial charge in [0.2, 0.25) is 15.9 Å². The molecule has 0 aliphatic heterocycles. The number of benzene rings is 1. The Morgan fingerprint density at radius 1 is 1.22 bits per heavy atom. The second kappa shape index (κ2) is 9.34. The van der Waals surface area contributed by atoms with Crippen molar-refractivity contribution in [3.63, 3.8) is 0 Å². The van der Waals surface area contributed by atoms with E-state index in [1.165, 1.54) is 7.11 Å². The van der Waals surface area contributed by atoms with Gasteiger partial charge in [-0.15, -0.1) is 12.4 Å². The van der Waals surface area contributed by atoms with Crippen molar-refractivity contribution in [1.29, 1.82) is 0 Å². The summed E-state index contributed by atoms with van der Waals surface area (Å²) in [5, 5.41) is 2.96. The molecule has 27 heavy (non-hydrogen) atoms. The third kappa shape index (κ3) is 5.00. The van der Waals surface area contributed by atoms with Crippen LogP contribution in [0.1, 0.15) is 24.8 Å². The number of rotatable bonds is 8. The number of carbonyl (C=O) groups is 1. The van der Waals surface area contributed by atoms with Gasteiger partial charge in [0.25, 0.3) is 0 Å². The quantitative estimate of drug-likeness (QED) is 0.547. The normalized spacial score (nSPS) is 26.6. The number of nitrogens with two attached hydrogens (primary N) is 1. The number of carbonyl (C=O) groups excluding carboxylic acids is 1. The number of ether oxygens (including phenoxy) is 1. The fourth-order valence-corrected chi connectivity index (χ4v) is 5.19. The first-order valence-corrected chi connectivity index (χ1v) is 10.5. The van der Waals surface area contributed by atoms with Crippen LogP contribution in [-0.4, -0.2) is 40.6 Å². The Bertz CT molecular complexity index is 739. The summed E-state index contributed by atoms with van der Waals surface area (Å²) in [5.74, 6) is 0.840. The molecule has 2 saturated carbocycles. The molecule has 0 radical (unpaired) electrons. The van der Waals surface area contributed by atoms with Gasteiger partial charge < -0.3 is 15.8 Å². The summed E-state index contributed by atoms with van der Waals surface area (Å²) in [6, 6.07) is 6.48. The number of fused-ring (bicyclic) bond motifs is 2. The van der Waals surface area contributed by atoms with E-state index in [4.69, 9.17) is 10.5 Å². The maximum absolute atomic E-state index is 12.5. The van der Waals surface area contributed by atoms with Gasteiger partial charge in [-0.1, -0.05) is 12.1 Å². The van der Waals surface area contributed by atoms with Gasteiger partial charge in [0.05, 0.1) is 17.4 Å². The molecule has 1 amide bonds. The number of hydrogen-bond donors (Lipinski definition) is 3. The highest BCUT2D eigenvalue weighted by molar-refractivity contribution is 7.89. The van der Waals surface area contributed by atoms with Crippen LogP contribution in [0, 0.1) is 17.8 Å². The molecule has 1 aromatic carbocycles. The molecule has 4 N–H and O–H groups in total. The van der Waals surface area contributed by atoms with Crippen molar-refractivity contribution in [2.45, 2.75) is 36.7 Å². The fraction of sp³-hybridized carbons (Fsp3) is 0.611. The van der Waals surface area contributed by atoms with E-state index in [0.29, 0.717) is 25.0 Å². The first kappa shape index (κ1) is 22.1. The number of amides is 1. The van der Waals surface area contributed by atoms with Gasteiger partial charge in [-0.25, -0.2) is 13.1 Å². The van der Waals surface area contributed by atoms with E-state index in [9.17, 15) is 13.2 Å². The Labute approximate surface area is 166 Å². The third-order valence-corrected chi connectivity index (χ3v) is 7.06. The average molecular weight is 418 g/mol. The first-order chi connectivity index (χ1) is 12.4. The summed E-state index contributed by atoms with van der Waals surface area (Å²) < 4.78 is 31.5. The standard InChI is InChI=1S/C18H27N3O4S.ClH/c1-25-9-8-21-26(23,24)15-6-2-12(3-7-15)11-20-18(22)16-13-4-5-14(10-13)17(16)19;/h2-3,6-7,13-14,16-17,21H,4-5,8-11,19H2,1H3,(H,20,22);1H. The lowest BCUT2D eigenvalue weighted by molar-refractivity contribution is -0.127. The van der Waals surface area contributed by atoms with Crippen LogP contribution in [0.15, 0.2) is 29.2 Å². The van der Waals surface area contributed by atoms with Gasteiger partial charge in [-0.05, 0) is 48.8 Å². The Kier molecular flexibility index (Phi) is 7.64. The van der Waals surface area contributed by atoms with Crippen molar-refractivity contribution in [2.24, 2.45) is 23.5 Å². The predicted octanol–water partition coefficient (Wildman–Crippen LogP) is 1.02. The summed E-state index contributed by atoms with van der Waals surface area (Å²) in [5.41, 5.74) is 7.06. The minimum atomic E-state index is -3.54. The fourth-order valence-electron chi connectivity index (χ4n) is 4.18. The molecule has 152 valence electrons. The molecule has 3 rings (SSSR count). The molecule has 7 nitrogen and oxygen atoms in total. The smallest absolute Gasteiger partial charge is 0.240 e. The number of nitrogens with one attached hydrogen (secondary N) is 2. The minimum absolute atomic E-state index is 0. The zero-order valence-electron chi connectivity index (χ0n) is 15.4. The van der Waals surface area contributed by atoms with Crippen molar-refractivity contribution in [2.75, 3.05) is 20.3 Å². The molecule has 0 spiro atoms. The van der Waals surface area contributed by atoms with E-state index in [1.54, 1.807) is 24.3 Å². The van der Waals surface area contributed by atoms with Crippen molar-refractivity contribution in [3.05, 3.63) is 29.8 Å². The van der Waals surface area contributed by atoms with Gasteiger partial charge in [0, 0.05) is 26.2 Å². The molecule has 2 fully saturated rings. The molecule has 0 saturated heterocycles. The lowest BCUT2D eigenvalue weighted by Crippen LogP contribution is -2.45. The predicted molar refractivity (Wildman–Crippen MR) is 105 cm³/mol. The second-order valence-electron chi connectivity index (χ2n) is 7.19. The van der Waals surface area contributed by atoms with E-state index < -0.39 is 10.0 Å². The molecular formula is C18H28ClN3O4S.